The fraction of sp³-hybridized carbons (Fsp3) is 0.385. The Hall–Kier alpha value is -1.82. The molecule has 2 aromatic rings. The maximum Gasteiger partial charge on any atom is 0.250 e. The van der Waals surface area contributed by atoms with Crippen molar-refractivity contribution in [2.45, 2.75) is 20.3 Å². The van der Waals surface area contributed by atoms with Gasteiger partial charge < -0.3 is 9.73 Å². The lowest BCUT2D eigenvalue weighted by Crippen LogP contribution is -2.16. The maximum absolute atomic E-state index is 13.7. The second-order valence-electron chi connectivity index (χ2n) is 4.19. The highest BCUT2D eigenvalue weighted by Crippen LogP contribution is 2.24. The van der Waals surface area contributed by atoms with Gasteiger partial charge in [0.05, 0.1) is 5.56 Å². The second kappa shape index (κ2) is 5.88. The Morgan fingerprint density at radius 3 is 2.74 bits per heavy atom. The van der Waals surface area contributed by atoms with Crippen LogP contribution in [0.25, 0.3) is 11.5 Å². The molecule has 0 amide bonds. The number of nitrogens with one attached hydrogen (secondary N) is 1. The summed E-state index contributed by atoms with van der Waals surface area (Å²) in [6.07, 6.45) is 0.572. The van der Waals surface area contributed by atoms with Crippen molar-refractivity contribution in [2.75, 3.05) is 13.1 Å². The molecule has 0 aliphatic carbocycles. The van der Waals surface area contributed by atoms with E-state index in [4.69, 9.17) is 4.42 Å². The lowest BCUT2D eigenvalue weighted by atomic mass is 10.1. The van der Waals surface area contributed by atoms with Gasteiger partial charge in [-0.05, 0) is 25.1 Å². The first-order chi connectivity index (χ1) is 9.11. The number of aromatic nitrogens is 2. The molecule has 19 heavy (non-hydrogen) atoms. The summed E-state index contributed by atoms with van der Waals surface area (Å²) in [5.41, 5.74) is 0.463. The van der Waals surface area contributed by atoms with Crippen molar-refractivity contribution in [1.82, 2.24) is 15.5 Å². The minimum atomic E-state index is -0.704. The van der Waals surface area contributed by atoms with Crippen LogP contribution in [0.2, 0.25) is 0 Å². The molecule has 102 valence electrons. The van der Waals surface area contributed by atoms with E-state index in [2.05, 4.69) is 15.5 Å². The quantitative estimate of drug-likeness (QED) is 0.845. The smallest absolute Gasteiger partial charge is 0.250 e. The molecule has 0 unspecified atom stereocenters. The summed E-state index contributed by atoms with van der Waals surface area (Å²) in [6, 6.07) is 2.19. The molecule has 0 saturated carbocycles. The van der Waals surface area contributed by atoms with E-state index in [1.807, 2.05) is 6.92 Å². The van der Waals surface area contributed by atoms with E-state index in [1.165, 1.54) is 6.07 Å². The largest absolute Gasteiger partial charge is 0.421 e. The number of rotatable bonds is 5. The Labute approximate surface area is 109 Å². The van der Waals surface area contributed by atoms with E-state index < -0.39 is 11.6 Å². The SMILES string of the molecule is CCNCCc1nnc(-c2cc(C)c(F)cc2F)o1. The standard InChI is InChI=1S/C13H15F2N3O/c1-3-16-5-4-12-17-18-13(19-12)9-6-8(2)10(14)7-11(9)15/h6-7,16H,3-5H2,1-2H3. The molecule has 1 N–H and O–H groups in total. The summed E-state index contributed by atoms with van der Waals surface area (Å²) in [6.45, 7) is 5.12. The number of likely N-dealkylation sites (N-methyl/N-ethyl adjacent to an activating group) is 1. The first kappa shape index (κ1) is 13.6. The normalized spacial score (nSPS) is 10.9. The highest BCUT2D eigenvalue weighted by molar-refractivity contribution is 5.55. The Morgan fingerprint density at radius 1 is 1.21 bits per heavy atom. The molecule has 0 fully saturated rings. The molecule has 0 aliphatic heterocycles. The number of halogens is 2. The van der Waals surface area contributed by atoms with Crippen molar-refractivity contribution in [3.63, 3.8) is 0 Å². The van der Waals surface area contributed by atoms with Crippen LogP contribution < -0.4 is 5.32 Å². The number of nitrogens with zero attached hydrogens (tertiary/aromatic N) is 2. The van der Waals surface area contributed by atoms with Gasteiger partial charge in [0.25, 0.3) is 5.89 Å². The molecule has 1 aromatic heterocycles. The van der Waals surface area contributed by atoms with Gasteiger partial charge in [0.15, 0.2) is 0 Å². The van der Waals surface area contributed by atoms with Crippen molar-refractivity contribution < 1.29 is 13.2 Å². The molecule has 0 radical (unpaired) electrons. The summed E-state index contributed by atoms with van der Waals surface area (Å²) in [5.74, 6) is -0.789. The molecule has 0 spiro atoms. The predicted octanol–water partition coefficient (Wildman–Crippen LogP) is 2.48. The lowest BCUT2D eigenvalue weighted by molar-refractivity contribution is 0.492. The van der Waals surface area contributed by atoms with E-state index in [0.717, 1.165) is 12.6 Å². The van der Waals surface area contributed by atoms with Crippen molar-refractivity contribution >= 4 is 0 Å². The van der Waals surface area contributed by atoms with Crippen LogP contribution in [0.1, 0.15) is 18.4 Å². The first-order valence-electron chi connectivity index (χ1n) is 6.11. The van der Waals surface area contributed by atoms with Gasteiger partial charge >= 0.3 is 0 Å². The Morgan fingerprint density at radius 2 is 2.00 bits per heavy atom. The summed E-state index contributed by atoms with van der Waals surface area (Å²) in [4.78, 5) is 0. The van der Waals surface area contributed by atoms with Crippen molar-refractivity contribution in [1.29, 1.82) is 0 Å². The van der Waals surface area contributed by atoms with Crippen LogP contribution >= 0.6 is 0 Å². The van der Waals surface area contributed by atoms with Gasteiger partial charge in [-0.25, -0.2) is 8.78 Å². The maximum atomic E-state index is 13.7. The van der Waals surface area contributed by atoms with Gasteiger partial charge in [0.2, 0.25) is 5.89 Å². The molecule has 0 saturated heterocycles. The predicted molar refractivity (Wildman–Crippen MR) is 66.6 cm³/mol. The first-order valence-corrected chi connectivity index (χ1v) is 6.11. The zero-order valence-electron chi connectivity index (χ0n) is 10.8. The van der Waals surface area contributed by atoms with Crippen molar-refractivity contribution in [3.8, 4) is 11.5 Å². The topological polar surface area (TPSA) is 51.0 Å². The van der Waals surface area contributed by atoms with Crippen LogP contribution in [0.5, 0.6) is 0 Å². The Balaban J connectivity index is 2.20. The Kier molecular flexibility index (Phi) is 4.21. The number of hydrogen-bond acceptors (Lipinski definition) is 4. The molecule has 1 heterocycles. The van der Waals surface area contributed by atoms with E-state index in [1.54, 1.807) is 6.92 Å². The van der Waals surface area contributed by atoms with Crippen LogP contribution in [-0.2, 0) is 6.42 Å². The van der Waals surface area contributed by atoms with Crippen LogP contribution in [0.4, 0.5) is 8.78 Å². The highest BCUT2D eigenvalue weighted by Gasteiger charge is 2.15. The molecular formula is C13H15F2N3O. The number of hydrogen-bond donors (Lipinski definition) is 1. The van der Waals surface area contributed by atoms with Crippen LogP contribution in [-0.4, -0.2) is 23.3 Å². The highest BCUT2D eigenvalue weighted by atomic mass is 19.1. The molecule has 0 bridgehead atoms. The summed E-state index contributed by atoms with van der Waals surface area (Å²) in [5, 5.41) is 10.8. The molecule has 0 aliphatic rings. The van der Waals surface area contributed by atoms with Gasteiger partial charge in [-0.1, -0.05) is 6.92 Å². The molecule has 2 rings (SSSR count). The van der Waals surface area contributed by atoms with Crippen LogP contribution in [0.3, 0.4) is 0 Å². The molecule has 0 atom stereocenters. The van der Waals surface area contributed by atoms with E-state index in [0.29, 0.717) is 24.4 Å². The average Bonchev–Trinajstić information content (AvgIpc) is 2.83. The van der Waals surface area contributed by atoms with Gasteiger partial charge in [-0.2, -0.15) is 0 Å². The van der Waals surface area contributed by atoms with E-state index >= 15 is 0 Å². The third kappa shape index (κ3) is 3.14. The zero-order chi connectivity index (χ0) is 13.8. The second-order valence-corrected chi connectivity index (χ2v) is 4.19. The third-order valence-corrected chi connectivity index (χ3v) is 2.71. The third-order valence-electron chi connectivity index (χ3n) is 2.71. The number of benzene rings is 1. The summed E-state index contributed by atoms with van der Waals surface area (Å²) < 4.78 is 32.2. The van der Waals surface area contributed by atoms with Crippen molar-refractivity contribution in [3.05, 3.63) is 35.2 Å². The molecule has 6 heteroatoms. The lowest BCUT2D eigenvalue weighted by Gasteiger charge is -2.01. The minimum absolute atomic E-state index is 0.0760. The zero-order valence-corrected chi connectivity index (χ0v) is 10.8. The van der Waals surface area contributed by atoms with E-state index in [9.17, 15) is 8.78 Å². The summed E-state index contributed by atoms with van der Waals surface area (Å²) in [7, 11) is 0. The molecule has 4 nitrogen and oxygen atoms in total. The summed E-state index contributed by atoms with van der Waals surface area (Å²) >= 11 is 0. The fourth-order valence-electron chi connectivity index (χ4n) is 1.66. The van der Waals surface area contributed by atoms with E-state index in [-0.39, 0.29) is 11.5 Å². The van der Waals surface area contributed by atoms with Crippen molar-refractivity contribution in [2.24, 2.45) is 0 Å². The monoisotopic (exact) mass is 267 g/mol. The van der Waals surface area contributed by atoms with Gasteiger partial charge in [-0.3, -0.25) is 0 Å². The minimum Gasteiger partial charge on any atom is -0.421 e. The number of aryl methyl sites for hydroxylation is 1. The molecular weight excluding hydrogens is 252 g/mol. The van der Waals surface area contributed by atoms with Gasteiger partial charge in [0.1, 0.15) is 11.6 Å². The fourth-order valence-corrected chi connectivity index (χ4v) is 1.66. The van der Waals surface area contributed by atoms with Gasteiger partial charge in [0, 0.05) is 19.0 Å². The van der Waals surface area contributed by atoms with Crippen LogP contribution in [0.15, 0.2) is 16.5 Å². The molecule has 1 aromatic carbocycles. The average molecular weight is 267 g/mol. The van der Waals surface area contributed by atoms with Crippen LogP contribution in [0, 0.1) is 18.6 Å². The van der Waals surface area contributed by atoms with Gasteiger partial charge in [-0.15, -0.1) is 10.2 Å². The Bertz CT molecular complexity index is 569.